The molecule has 0 unspecified atom stereocenters. The van der Waals surface area contributed by atoms with Gasteiger partial charge in [-0.15, -0.1) is 0 Å². The molecule has 0 spiro atoms. The highest BCUT2D eigenvalue weighted by atomic mass is 31.2. The van der Waals surface area contributed by atoms with Crippen molar-refractivity contribution in [2.75, 3.05) is 13.3 Å². The molecule has 0 aromatic heterocycles. The van der Waals surface area contributed by atoms with Gasteiger partial charge >= 0.3 is 7.94 Å². The largest absolute Gasteiger partial charge is 0.403 e. The highest BCUT2D eigenvalue weighted by Crippen LogP contribution is 2.46. The van der Waals surface area contributed by atoms with E-state index >= 15 is 0 Å². The van der Waals surface area contributed by atoms with Crippen molar-refractivity contribution in [3.63, 3.8) is 0 Å². The van der Waals surface area contributed by atoms with E-state index in [1.54, 1.807) is 0 Å². The standard InChI is InChI=1S/C5H14O3P/c1-5(2)4-8-9(3,6)7/h5-7H,4H2,1-3H3/q+1. The van der Waals surface area contributed by atoms with Gasteiger partial charge in [0.1, 0.15) is 6.66 Å². The van der Waals surface area contributed by atoms with Crippen molar-refractivity contribution >= 4 is 7.94 Å². The molecule has 0 saturated carbocycles. The summed E-state index contributed by atoms with van der Waals surface area (Å²) >= 11 is 0. The first-order valence-corrected chi connectivity index (χ1v) is 4.94. The number of rotatable bonds is 3. The highest BCUT2D eigenvalue weighted by molar-refractivity contribution is 7.58. The van der Waals surface area contributed by atoms with Crippen LogP contribution < -0.4 is 0 Å². The van der Waals surface area contributed by atoms with Crippen LogP contribution in [-0.2, 0) is 4.52 Å². The third-order valence-corrected chi connectivity index (χ3v) is 1.29. The van der Waals surface area contributed by atoms with Crippen molar-refractivity contribution in [2.45, 2.75) is 13.8 Å². The molecule has 0 bridgehead atoms. The molecule has 0 amide bonds. The minimum Gasteiger partial charge on any atom is -0.193 e. The SMILES string of the molecule is CC(C)CO[P+](C)(O)O. The summed E-state index contributed by atoms with van der Waals surface area (Å²) in [5.41, 5.74) is 0. The molecule has 0 saturated heterocycles. The molecule has 9 heavy (non-hydrogen) atoms. The summed E-state index contributed by atoms with van der Waals surface area (Å²) in [6.45, 7) is 5.62. The molecule has 0 aliphatic carbocycles. The maximum atomic E-state index is 8.71. The molecule has 2 N–H and O–H groups in total. The van der Waals surface area contributed by atoms with Gasteiger partial charge in [0.05, 0.1) is 6.61 Å². The second kappa shape index (κ2) is 3.47. The first-order valence-electron chi connectivity index (χ1n) is 2.88. The van der Waals surface area contributed by atoms with E-state index in [0.29, 0.717) is 12.5 Å². The first kappa shape index (κ1) is 9.31. The topological polar surface area (TPSA) is 49.7 Å². The van der Waals surface area contributed by atoms with Gasteiger partial charge in [-0.3, -0.25) is 0 Å². The van der Waals surface area contributed by atoms with Gasteiger partial charge < -0.3 is 0 Å². The lowest BCUT2D eigenvalue weighted by molar-refractivity contribution is 0.208. The Morgan fingerprint density at radius 1 is 1.44 bits per heavy atom. The van der Waals surface area contributed by atoms with Gasteiger partial charge in [0.25, 0.3) is 0 Å². The first-order chi connectivity index (χ1) is 3.92. The van der Waals surface area contributed by atoms with Crippen LogP contribution in [0.25, 0.3) is 0 Å². The molecular formula is C5H14O3P+. The van der Waals surface area contributed by atoms with E-state index in [-0.39, 0.29) is 0 Å². The van der Waals surface area contributed by atoms with E-state index in [0.717, 1.165) is 0 Å². The molecule has 0 aliphatic heterocycles. The van der Waals surface area contributed by atoms with E-state index in [9.17, 15) is 0 Å². The Bertz CT molecular complexity index is 76.8. The average molecular weight is 153 g/mol. The zero-order valence-corrected chi connectivity index (χ0v) is 6.93. The van der Waals surface area contributed by atoms with Gasteiger partial charge in [-0.05, 0) is 5.92 Å². The molecule has 56 valence electrons. The summed E-state index contributed by atoms with van der Waals surface area (Å²) in [5, 5.41) is 0. The van der Waals surface area contributed by atoms with Gasteiger partial charge in [-0.1, -0.05) is 13.8 Å². The number of hydrogen-bond donors (Lipinski definition) is 2. The van der Waals surface area contributed by atoms with E-state index in [1.807, 2.05) is 13.8 Å². The lowest BCUT2D eigenvalue weighted by Crippen LogP contribution is -2.02. The molecule has 0 atom stereocenters. The van der Waals surface area contributed by atoms with Crippen LogP contribution in [0, 0.1) is 5.92 Å². The fourth-order valence-electron chi connectivity index (χ4n) is 0.290. The average Bonchev–Trinajstić information content (AvgIpc) is 1.59. The molecule has 0 radical (unpaired) electrons. The second-order valence-electron chi connectivity index (χ2n) is 2.52. The minimum absolute atomic E-state index is 0.351. The Kier molecular flexibility index (Phi) is 3.59. The van der Waals surface area contributed by atoms with Crippen molar-refractivity contribution < 1.29 is 14.3 Å². The van der Waals surface area contributed by atoms with Crippen molar-refractivity contribution in [2.24, 2.45) is 5.92 Å². The van der Waals surface area contributed by atoms with Crippen LogP contribution in [0.1, 0.15) is 13.8 Å². The fraction of sp³-hybridized carbons (Fsp3) is 1.00. The Labute approximate surface area is 56.2 Å². The Hall–Kier alpha value is 0.310. The fourth-order valence-corrected chi connectivity index (χ4v) is 0.871. The molecule has 0 fully saturated rings. The maximum Gasteiger partial charge on any atom is 0.403 e. The third kappa shape index (κ3) is 8.31. The molecule has 0 aromatic rings. The van der Waals surface area contributed by atoms with Gasteiger partial charge in [0.15, 0.2) is 0 Å². The van der Waals surface area contributed by atoms with Crippen LogP contribution in [-0.4, -0.2) is 23.1 Å². The van der Waals surface area contributed by atoms with Crippen molar-refractivity contribution in [3.8, 4) is 0 Å². The summed E-state index contributed by atoms with van der Waals surface area (Å²) in [4.78, 5) is 17.4. The zero-order chi connectivity index (χ0) is 7.49. The van der Waals surface area contributed by atoms with Gasteiger partial charge in [0.2, 0.25) is 0 Å². The Morgan fingerprint density at radius 3 is 2.00 bits per heavy atom. The minimum atomic E-state index is -2.97. The van der Waals surface area contributed by atoms with Crippen LogP contribution in [0.4, 0.5) is 0 Å². The normalized spacial score (nSPS) is 12.7. The van der Waals surface area contributed by atoms with Gasteiger partial charge in [0, 0.05) is 0 Å². The summed E-state index contributed by atoms with van der Waals surface area (Å²) in [5.74, 6) is 0.351. The second-order valence-corrected chi connectivity index (χ2v) is 4.45. The van der Waals surface area contributed by atoms with E-state index in [1.165, 1.54) is 6.66 Å². The van der Waals surface area contributed by atoms with Crippen LogP contribution in [0.2, 0.25) is 0 Å². The van der Waals surface area contributed by atoms with Crippen LogP contribution in [0.15, 0.2) is 0 Å². The number of hydrogen-bond acceptors (Lipinski definition) is 3. The summed E-state index contributed by atoms with van der Waals surface area (Å²) in [7, 11) is -2.97. The van der Waals surface area contributed by atoms with E-state index in [2.05, 4.69) is 0 Å². The smallest absolute Gasteiger partial charge is 0.193 e. The predicted molar refractivity (Wildman–Crippen MR) is 38.1 cm³/mol. The maximum absolute atomic E-state index is 8.71. The van der Waals surface area contributed by atoms with Crippen molar-refractivity contribution in [1.29, 1.82) is 0 Å². The molecule has 4 heteroatoms. The third-order valence-electron chi connectivity index (χ3n) is 0.652. The molecule has 0 aromatic carbocycles. The Morgan fingerprint density at radius 2 is 1.89 bits per heavy atom. The molecular weight excluding hydrogens is 139 g/mol. The van der Waals surface area contributed by atoms with Crippen molar-refractivity contribution in [1.82, 2.24) is 0 Å². The lowest BCUT2D eigenvalue weighted by atomic mass is 10.2. The molecule has 0 rings (SSSR count). The van der Waals surface area contributed by atoms with Gasteiger partial charge in [-0.2, -0.15) is 14.3 Å². The monoisotopic (exact) mass is 153 g/mol. The molecule has 3 nitrogen and oxygen atoms in total. The zero-order valence-electron chi connectivity index (χ0n) is 6.03. The van der Waals surface area contributed by atoms with E-state index in [4.69, 9.17) is 14.3 Å². The summed E-state index contributed by atoms with van der Waals surface area (Å²) in [6, 6.07) is 0. The quantitative estimate of drug-likeness (QED) is 0.595. The Balaban J connectivity index is 3.28. The molecule has 0 aliphatic rings. The van der Waals surface area contributed by atoms with E-state index < -0.39 is 7.94 Å². The van der Waals surface area contributed by atoms with Crippen LogP contribution >= 0.6 is 7.94 Å². The highest BCUT2D eigenvalue weighted by Gasteiger charge is 2.26. The van der Waals surface area contributed by atoms with Gasteiger partial charge in [-0.25, -0.2) is 0 Å². The predicted octanol–water partition coefficient (Wildman–Crippen LogP) is 1.04. The summed E-state index contributed by atoms with van der Waals surface area (Å²) in [6.07, 6.45) is 0. The molecule has 0 heterocycles. The van der Waals surface area contributed by atoms with Crippen LogP contribution in [0.3, 0.4) is 0 Å². The summed E-state index contributed by atoms with van der Waals surface area (Å²) < 4.78 is 4.71. The van der Waals surface area contributed by atoms with Crippen LogP contribution in [0.5, 0.6) is 0 Å². The van der Waals surface area contributed by atoms with Crippen molar-refractivity contribution in [3.05, 3.63) is 0 Å². The lowest BCUT2D eigenvalue weighted by Gasteiger charge is -2.06.